The Morgan fingerprint density at radius 3 is 2.83 bits per heavy atom. The minimum Gasteiger partial charge on any atom is -0.480 e. The van der Waals surface area contributed by atoms with Gasteiger partial charge in [-0.05, 0) is 11.5 Å². The molecular formula is C16H21BN4O3. The lowest BCUT2D eigenvalue weighted by Crippen LogP contribution is -2.48. The van der Waals surface area contributed by atoms with Crippen molar-refractivity contribution in [3.8, 4) is 5.88 Å². The molecule has 0 aliphatic carbocycles. The molecule has 2 heterocycles. The predicted molar refractivity (Wildman–Crippen MR) is 94.3 cm³/mol. The van der Waals surface area contributed by atoms with E-state index in [9.17, 15) is 0 Å². The minimum atomic E-state index is -0.450. The zero-order valence-corrected chi connectivity index (χ0v) is 14.1. The summed E-state index contributed by atoms with van der Waals surface area (Å²) < 4.78 is 16.9. The van der Waals surface area contributed by atoms with E-state index in [2.05, 4.69) is 29.0 Å². The molecule has 0 spiro atoms. The molecule has 3 N–H and O–H groups in total. The molecule has 1 saturated heterocycles. The lowest BCUT2D eigenvalue weighted by molar-refractivity contribution is 0.0343. The number of hydrogen-bond acceptors (Lipinski definition) is 6. The summed E-state index contributed by atoms with van der Waals surface area (Å²) in [6.45, 7) is 5.46. The van der Waals surface area contributed by atoms with E-state index >= 15 is 0 Å². The first-order chi connectivity index (χ1) is 11.5. The van der Waals surface area contributed by atoms with Crippen molar-refractivity contribution in [3.63, 3.8) is 0 Å². The zero-order valence-electron chi connectivity index (χ0n) is 14.1. The number of nitrogens with one attached hydrogen (secondary N) is 1. The maximum atomic E-state index is 6.13. The van der Waals surface area contributed by atoms with Gasteiger partial charge in [0.2, 0.25) is 5.88 Å². The zero-order chi connectivity index (χ0) is 17.2. The van der Waals surface area contributed by atoms with Crippen LogP contribution in [-0.4, -0.2) is 43.9 Å². The number of nitrogens with two attached hydrogens (primary N) is 1. The molecule has 2 aromatic rings. The summed E-state index contributed by atoms with van der Waals surface area (Å²) in [7, 11) is 1.11. The highest BCUT2D eigenvalue weighted by atomic mass is 16.6. The van der Waals surface area contributed by atoms with Crippen molar-refractivity contribution in [1.82, 2.24) is 10.2 Å². The van der Waals surface area contributed by atoms with Crippen LogP contribution >= 0.6 is 0 Å². The van der Waals surface area contributed by atoms with Gasteiger partial charge in [-0.15, -0.1) is 0 Å². The highest BCUT2D eigenvalue weighted by Gasteiger charge is 2.34. The molecule has 0 atom stereocenters. The molecule has 1 aromatic carbocycles. The molecule has 0 radical (unpaired) electrons. The van der Waals surface area contributed by atoms with Crippen molar-refractivity contribution < 1.29 is 14.0 Å². The Labute approximate surface area is 141 Å². The number of H-pyrrole nitrogens is 1. The second-order valence-corrected chi connectivity index (χ2v) is 6.51. The number of benzene rings is 1. The summed E-state index contributed by atoms with van der Waals surface area (Å²) in [5.41, 5.74) is 8.97. The summed E-state index contributed by atoms with van der Waals surface area (Å²) in [5.74, 6) is 0.495. The largest absolute Gasteiger partial charge is 0.494 e. The van der Waals surface area contributed by atoms with Gasteiger partial charge in [0.25, 0.3) is 0 Å². The van der Waals surface area contributed by atoms with Gasteiger partial charge in [-0.3, -0.25) is 0 Å². The summed E-state index contributed by atoms with van der Waals surface area (Å²) in [6.07, 6.45) is 3.27. The normalized spacial score (nSPS) is 17.4. The molecule has 8 heteroatoms. The Bertz CT molecular complexity index is 735. The SMILES string of the molecule is COc1[nH]ncc1N=Cc1c(N)cccc1B1OCC(C)(C)CO1. The summed E-state index contributed by atoms with van der Waals surface area (Å²) >= 11 is 0. The molecule has 126 valence electrons. The van der Waals surface area contributed by atoms with Crippen molar-refractivity contribution in [3.05, 3.63) is 30.0 Å². The van der Waals surface area contributed by atoms with Crippen LogP contribution in [0.15, 0.2) is 29.4 Å². The first kappa shape index (κ1) is 16.5. The Hall–Kier alpha value is -2.32. The monoisotopic (exact) mass is 328 g/mol. The number of aromatic nitrogens is 2. The molecule has 0 bridgehead atoms. The first-order valence-electron chi connectivity index (χ1n) is 7.73. The maximum Gasteiger partial charge on any atom is 0.494 e. The van der Waals surface area contributed by atoms with Gasteiger partial charge in [-0.1, -0.05) is 26.0 Å². The van der Waals surface area contributed by atoms with Crippen LogP contribution in [0.4, 0.5) is 11.4 Å². The molecule has 3 rings (SSSR count). The van der Waals surface area contributed by atoms with Crippen LogP contribution in [0.3, 0.4) is 0 Å². The van der Waals surface area contributed by atoms with E-state index in [1.54, 1.807) is 19.5 Å². The fraction of sp³-hybridized carbons (Fsp3) is 0.375. The van der Waals surface area contributed by atoms with E-state index in [0.29, 0.717) is 30.5 Å². The molecule has 0 amide bonds. The van der Waals surface area contributed by atoms with Gasteiger partial charge in [0.05, 0.1) is 13.3 Å². The molecular weight excluding hydrogens is 307 g/mol. The number of nitrogen functional groups attached to an aromatic ring is 1. The molecule has 0 unspecified atom stereocenters. The van der Waals surface area contributed by atoms with Crippen LogP contribution in [0.1, 0.15) is 19.4 Å². The number of nitrogens with zero attached hydrogens (tertiary/aromatic N) is 2. The fourth-order valence-corrected chi connectivity index (χ4v) is 2.47. The Morgan fingerprint density at radius 1 is 1.38 bits per heavy atom. The summed E-state index contributed by atoms with van der Waals surface area (Å²) in [5, 5.41) is 6.64. The molecule has 1 aromatic heterocycles. The molecule has 1 fully saturated rings. The van der Waals surface area contributed by atoms with Crippen LogP contribution in [-0.2, 0) is 9.31 Å². The van der Waals surface area contributed by atoms with Crippen LogP contribution in [0, 0.1) is 5.41 Å². The van der Waals surface area contributed by atoms with Crippen LogP contribution in [0.5, 0.6) is 5.88 Å². The molecule has 7 nitrogen and oxygen atoms in total. The van der Waals surface area contributed by atoms with Crippen molar-refractivity contribution in [1.29, 1.82) is 0 Å². The number of rotatable bonds is 4. The number of methoxy groups -OCH3 is 1. The Balaban J connectivity index is 1.88. The Kier molecular flexibility index (Phi) is 4.59. The number of hydrogen-bond donors (Lipinski definition) is 2. The van der Waals surface area contributed by atoms with Gasteiger partial charge < -0.3 is 19.8 Å². The summed E-state index contributed by atoms with van der Waals surface area (Å²) in [4.78, 5) is 4.42. The highest BCUT2D eigenvalue weighted by molar-refractivity contribution is 6.63. The first-order valence-corrected chi connectivity index (χ1v) is 7.73. The van der Waals surface area contributed by atoms with E-state index in [0.717, 1.165) is 11.0 Å². The number of ether oxygens (including phenoxy) is 1. The van der Waals surface area contributed by atoms with E-state index in [1.807, 2.05) is 18.2 Å². The fourth-order valence-electron chi connectivity index (χ4n) is 2.47. The molecule has 0 saturated carbocycles. The second kappa shape index (κ2) is 6.66. The molecule has 1 aliphatic heterocycles. The van der Waals surface area contributed by atoms with Gasteiger partial charge in [-0.2, -0.15) is 5.10 Å². The Morgan fingerprint density at radius 2 is 2.12 bits per heavy atom. The summed E-state index contributed by atoms with van der Waals surface area (Å²) in [6, 6.07) is 5.64. The van der Waals surface area contributed by atoms with Gasteiger partial charge in [-0.25, -0.2) is 10.1 Å². The number of aliphatic imine (C=N–C) groups is 1. The van der Waals surface area contributed by atoms with Crippen molar-refractivity contribution in [2.45, 2.75) is 13.8 Å². The third-order valence-electron chi connectivity index (χ3n) is 3.80. The van der Waals surface area contributed by atoms with Gasteiger partial charge in [0.1, 0.15) is 5.69 Å². The van der Waals surface area contributed by atoms with Crippen molar-refractivity contribution in [2.24, 2.45) is 10.4 Å². The highest BCUT2D eigenvalue weighted by Crippen LogP contribution is 2.24. The average Bonchev–Trinajstić information content (AvgIpc) is 3.01. The number of anilines is 1. The minimum absolute atomic E-state index is 0.00916. The predicted octanol–water partition coefficient (Wildman–Crippen LogP) is 1.52. The lowest BCUT2D eigenvalue weighted by atomic mass is 9.73. The van der Waals surface area contributed by atoms with E-state index < -0.39 is 7.12 Å². The average molecular weight is 328 g/mol. The van der Waals surface area contributed by atoms with Crippen LogP contribution in [0.25, 0.3) is 0 Å². The van der Waals surface area contributed by atoms with E-state index in [1.165, 1.54) is 0 Å². The quantitative estimate of drug-likeness (QED) is 0.504. The second-order valence-electron chi connectivity index (χ2n) is 6.51. The van der Waals surface area contributed by atoms with Gasteiger partial charge >= 0.3 is 7.12 Å². The van der Waals surface area contributed by atoms with Gasteiger partial charge in [0, 0.05) is 36.1 Å². The third-order valence-corrected chi connectivity index (χ3v) is 3.80. The van der Waals surface area contributed by atoms with Gasteiger partial charge in [0.15, 0.2) is 0 Å². The van der Waals surface area contributed by atoms with E-state index in [-0.39, 0.29) is 5.41 Å². The van der Waals surface area contributed by atoms with Crippen LogP contribution in [0.2, 0.25) is 0 Å². The lowest BCUT2D eigenvalue weighted by Gasteiger charge is -2.33. The third kappa shape index (κ3) is 3.44. The topological polar surface area (TPSA) is 94.8 Å². The molecule has 1 aliphatic rings. The van der Waals surface area contributed by atoms with Crippen molar-refractivity contribution >= 4 is 30.2 Å². The van der Waals surface area contributed by atoms with E-state index in [4.69, 9.17) is 19.8 Å². The number of aromatic amines is 1. The maximum absolute atomic E-state index is 6.13. The van der Waals surface area contributed by atoms with Crippen LogP contribution < -0.4 is 15.9 Å². The smallest absolute Gasteiger partial charge is 0.480 e. The molecule has 24 heavy (non-hydrogen) atoms. The standard InChI is InChI=1S/C16H21BN4O3/c1-16(2)9-23-17(24-10-16)12-5-4-6-13(18)11(12)7-19-14-8-20-21-15(14)22-3/h4-8H,9-10,18H2,1-3H3,(H,20,21). The van der Waals surface area contributed by atoms with Crippen molar-refractivity contribution in [2.75, 3.05) is 26.1 Å².